The molecule has 7 nitrogen and oxygen atoms in total. The van der Waals surface area contributed by atoms with Gasteiger partial charge in [-0.25, -0.2) is 0 Å². The van der Waals surface area contributed by atoms with Gasteiger partial charge in [0.05, 0.1) is 23.8 Å². The maximum absolute atomic E-state index is 12.5. The molecule has 3 rings (SSSR count). The highest BCUT2D eigenvalue weighted by Crippen LogP contribution is 2.30. The normalized spacial score (nSPS) is 15.1. The van der Waals surface area contributed by atoms with Gasteiger partial charge in [-0.15, -0.1) is 0 Å². The quantitative estimate of drug-likeness (QED) is 0.749. The minimum atomic E-state index is -0.308. The van der Waals surface area contributed by atoms with Gasteiger partial charge in [-0.2, -0.15) is 0 Å². The van der Waals surface area contributed by atoms with Gasteiger partial charge in [0.1, 0.15) is 12.7 Å². The number of carbonyl (C=O) groups is 2. The Labute approximate surface area is 175 Å². The number of likely N-dealkylation sites (N-methyl/N-ethyl adjacent to an activating group) is 2. The number of benzene rings is 2. The molecular weight excluding hydrogens is 394 g/mol. The number of para-hydroxylation sites is 3. The molecule has 1 unspecified atom stereocenters. The van der Waals surface area contributed by atoms with E-state index in [1.807, 2.05) is 36.2 Å². The van der Waals surface area contributed by atoms with Gasteiger partial charge in [-0.05, 0) is 31.3 Å². The highest BCUT2D eigenvalue weighted by atomic mass is 35.5. The lowest BCUT2D eigenvalue weighted by atomic mass is 10.2. The summed E-state index contributed by atoms with van der Waals surface area (Å²) < 4.78 is 11.6. The fourth-order valence-corrected chi connectivity index (χ4v) is 3.16. The van der Waals surface area contributed by atoms with E-state index in [1.165, 1.54) is 4.90 Å². The maximum atomic E-state index is 12.5. The number of anilines is 1. The van der Waals surface area contributed by atoms with Crippen LogP contribution in [-0.2, 0) is 9.59 Å². The Kier molecular flexibility index (Phi) is 6.95. The number of rotatable bonds is 7. The molecule has 8 heteroatoms. The van der Waals surface area contributed by atoms with Crippen LogP contribution in [0.5, 0.6) is 11.5 Å². The van der Waals surface area contributed by atoms with Crippen LogP contribution in [0.3, 0.4) is 0 Å². The maximum Gasteiger partial charge on any atom is 0.244 e. The first kappa shape index (κ1) is 21.0. The molecule has 2 amide bonds. The standard InChI is InChI=1S/C21H24ClN3O4/c1-24(11-15-14-28-18-9-5-6-10-19(18)29-15)13-21(27)25(2)12-20(26)23-17-8-4-3-7-16(17)22/h3-10,15H,11-14H2,1-2H3,(H,23,26). The van der Waals surface area contributed by atoms with Crippen LogP contribution in [0.15, 0.2) is 48.5 Å². The molecule has 1 aliphatic rings. The molecule has 0 bridgehead atoms. The third kappa shape index (κ3) is 5.85. The highest BCUT2D eigenvalue weighted by molar-refractivity contribution is 6.33. The van der Waals surface area contributed by atoms with E-state index in [1.54, 1.807) is 31.3 Å². The van der Waals surface area contributed by atoms with Gasteiger partial charge in [-0.1, -0.05) is 35.9 Å². The fourth-order valence-electron chi connectivity index (χ4n) is 2.97. The van der Waals surface area contributed by atoms with Crippen molar-refractivity contribution in [1.82, 2.24) is 9.80 Å². The van der Waals surface area contributed by atoms with E-state index in [-0.39, 0.29) is 31.0 Å². The fraction of sp³-hybridized carbons (Fsp3) is 0.333. The summed E-state index contributed by atoms with van der Waals surface area (Å²) in [6, 6.07) is 14.5. The van der Waals surface area contributed by atoms with Gasteiger partial charge in [0, 0.05) is 13.6 Å². The Balaban J connectivity index is 1.44. The van der Waals surface area contributed by atoms with Crippen molar-refractivity contribution in [2.24, 2.45) is 0 Å². The van der Waals surface area contributed by atoms with E-state index >= 15 is 0 Å². The Morgan fingerprint density at radius 2 is 1.76 bits per heavy atom. The van der Waals surface area contributed by atoms with Crippen molar-refractivity contribution in [1.29, 1.82) is 0 Å². The zero-order valence-corrected chi connectivity index (χ0v) is 17.2. The average Bonchev–Trinajstić information content (AvgIpc) is 2.69. The van der Waals surface area contributed by atoms with Crippen molar-refractivity contribution in [2.75, 3.05) is 45.7 Å². The van der Waals surface area contributed by atoms with Crippen molar-refractivity contribution >= 4 is 29.1 Å². The van der Waals surface area contributed by atoms with E-state index in [4.69, 9.17) is 21.1 Å². The number of nitrogens with one attached hydrogen (secondary N) is 1. The van der Waals surface area contributed by atoms with Gasteiger partial charge >= 0.3 is 0 Å². The molecule has 29 heavy (non-hydrogen) atoms. The summed E-state index contributed by atoms with van der Waals surface area (Å²) in [6.45, 7) is 1.05. The van der Waals surface area contributed by atoms with Crippen molar-refractivity contribution in [2.45, 2.75) is 6.10 Å². The van der Waals surface area contributed by atoms with Gasteiger partial charge in [0.25, 0.3) is 0 Å². The first-order valence-electron chi connectivity index (χ1n) is 9.27. The summed E-state index contributed by atoms with van der Waals surface area (Å²) in [5, 5.41) is 3.16. The van der Waals surface area contributed by atoms with Crippen molar-refractivity contribution in [3.8, 4) is 11.5 Å². The second-order valence-corrected chi connectivity index (χ2v) is 7.38. The molecule has 0 radical (unpaired) electrons. The number of fused-ring (bicyclic) bond motifs is 1. The van der Waals surface area contributed by atoms with Crippen molar-refractivity contribution in [3.05, 3.63) is 53.6 Å². The lowest BCUT2D eigenvalue weighted by Crippen LogP contribution is -2.45. The molecule has 154 valence electrons. The molecule has 0 aromatic heterocycles. The Morgan fingerprint density at radius 1 is 1.07 bits per heavy atom. The van der Waals surface area contributed by atoms with E-state index in [0.29, 0.717) is 29.6 Å². The zero-order valence-electron chi connectivity index (χ0n) is 16.4. The van der Waals surface area contributed by atoms with E-state index < -0.39 is 0 Å². The van der Waals surface area contributed by atoms with Crippen LogP contribution in [0.2, 0.25) is 5.02 Å². The number of nitrogens with zero attached hydrogens (tertiary/aromatic N) is 2. The van der Waals surface area contributed by atoms with Crippen LogP contribution < -0.4 is 14.8 Å². The molecular formula is C21H24ClN3O4. The van der Waals surface area contributed by atoms with Crippen LogP contribution in [0.4, 0.5) is 5.69 Å². The number of hydrogen-bond donors (Lipinski definition) is 1. The number of hydrogen-bond acceptors (Lipinski definition) is 5. The topological polar surface area (TPSA) is 71.1 Å². The third-order valence-corrected chi connectivity index (χ3v) is 4.77. The van der Waals surface area contributed by atoms with E-state index in [0.717, 1.165) is 5.75 Å². The molecule has 0 aliphatic carbocycles. The first-order chi connectivity index (χ1) is 13.9. The number of ether oxygens (including phenoxy) is 2. The Hall–Kier alpha value is -2.77. The van der Waals surface area contributed by atoms with Crippen LogP contribution in [-0.4, -0.2) is 68.1 Å². The van der Waals surface area contributed by atoms with E-state index in [9.17, 15) is 9.59 Å². The van der Waals surface area contributed by atoms with Crippen LogP contribution in [0, 0.1) is 0 Å². The molecule has 1 aliphatic heterocycles. The average molecular weight is 418 g/mol. The molecule has 0 saturated carbocycles. The molecule has 1 atom stereocenters. The minimum absolute atomic E-state index is 0.0612. The zero-order chi connectivity index (χ0) is 20.8. The second-order valence-electron chi connectivity index (χ2n) is 6.97. The summed E-state index contributed by atoms with van der Waals surface area (Å²) in [5.74, 6) is 0.958. The first-order valence-corrected chi connectivity index (χ1v) is 9.65. The third-order valence-electron chi connectivity index (χ3n) is 4.44. The van der Waals surface area contributed by atoms with E-state index in [2.05, 4.69) is 5.32 Å². The smallest absolute Gasteiger partial charge is 0.244 e. The molecule has 0 saturated heterocycles. The van der Waals surface area contributed by atoms with Crippen LogP contribution in [0.1, 0.15) is 0 Å². The van der Waals surface area contributed by atoms with Gasteiger partial charge in [0.2, 0.25) is 11.8 Å². The Morgan fingerprint density at radius 3 is 2.52 bits per heavy atom. The molecule has 2 aromatic rings. The van der Waals surface area contributed by atoms with Crippen LogP contribution in [0.25, 0.3) is 0 Å². The number of carbonyl (C=O) groups excluding carboxylic acids is 2. The van der Waals surface area contributed by atoms with Crippen molar-refractivity contribution in [3.63, 3.8) is 0 Å². The predicted molar refractivity (Wildman–Crippen MR) is 112 cm³/mol. The SMILES string of the molecule is CN(CC(=O)N(C)CC(=O)Nc1ccccc1Cl)CC1COc2ccccc2O1. The summed E-state index contributed by atoms with van der Waals surface area (Å²) in [7, 11) is 3.43. The number of halogens is 1. The molecule has 0 fully saturated rings. The second kappa shape index (κ2) is 9.62. The molecule has 1 N–H and O–H groups in total. The lowest BCUT2D eigenvalue weighted by molar-refractivity contribution is -0.134. The molecule has 1 heterocycles. The highest BCUT2D eigenvalue weighted by Gasteiger charge is 2.23. The predicted octanol–water partition coefficient (Wildman–Crippen LogP) is 2.51. The molecule has 0 spiro atoms. The van der Waals surface area contributed by atoms with Crippen molar-refractivity contribution < 1.29 is 19.1 Å². The summed E-state index contributed by atoms with van der Waals surface area (Å²) in [5.41, 5.74) is 0.520. The van der Waals surface area contributed by atoms with Gasteiger partial charge in [0.15, 0.2) is 11.5 Å². The summed E-state index contributed by atoms with van der Waals surface area (Å²) in [4.78, 5) is 27.9. The largest absolute Gasteiger partial charge is 0.486 e. The lowest BCUT2D eigenvalue weighted by Gasteiger charge is -2.30. The van der Waals surface area contributed by atoms with Gasteiger partial charge < -0.3 is 19.7 Å². The summed E-state index contributed by atoms with van der Waals surface area (Å²) >= 11 is 6.04. The molecule has 2 aromatic carbocycles. The Bertz CT molecular complexity index is 877. The number of amides is 2. The van der Waals surface area contributed by atoms with Gasteiger partial charge in [-0.3, -0.25) is 14.5 Å². The van der Waals surface area contributed by atoms with Crippen LogP contribution >= 0.6 is 11.6 Å². The monoisotopic (exact) mass is 417 g/mol. The minimum Gasteiger partial charge on any atom is -0.486 e. The summed E-state index contributed by atoms with van der Waals surface area (Å²) in [6.07, 6.45) is -0.170.